The molecule has 1 unspecified atom stereocenters. The van der Waals surface area contributed by atoms with Gasteiger partial charge in [-0.25, -0.2) is 0 Å². The number of nitrogens with one attached hydrogen (secondary N) is 2. The Morgan fingerprint density at radius 3 is 2.87 bits per heavy atom. The van der Waals surface area contributed by atoms with E-state index in [2.05, 4.69) is 31.9 Å². The Labute approximate surface area is 135 Å². The number of guanidine groups is 1. The van der Waals surface area contributed by atoms with E-state index >= 15 is 0 Å². The van der Waals surface area contributed by atoms with Crippen LogP contribution in [0, 0.1) is 6.92 Å². The summed E-state index contributed by atoms with van der Waals surface area (Å²) in [6.45, 7) is 3.20. The lowest BCUT2D eigenvalue weighted by Gasteiger charge is -2.15. The van der Waals surface area contributed by atoms with Crippen molar-refractivity contribution >= 4 is 5.96 Å². The van der Waals surface area contributed by atoms with E-state index in [0.717, 1.165) is 29.8 Å². The summed E-state index contributed by atoms with van der Waals surface area (Å²) < 4.78 is 7.87. The first-order valence-corrected chi connectivity index (χ1v) is 7.71. The number of nitrogens with zero attached hydrogens (tertiary/aromatic N) is 4. The molecular formula is C16H22N6O. The van der Waals surface area contributed by atoms with E-state index in [1.807, 2.05) is 36.7 Å². The second-order valence-electron chi connectivity index (χ2n) is 5.58. The number of aromatic nitrogens is 3. The maximum Gasteiger partial charge on any atom is 0.191 e. The Balaban J connectivity index is 1.48. The summed E-state index contributed by atoms with van der Waals surface area (Å²) >= 11 is 0. The Kier molecular flexibility index (Phi) is 4.45. The first-order valence-electron chi connectivity index (χ1n) is 7.71. The Morgan fingerprint density at radius 1 is 1.35 bits per heavy atom. The van der Waals surface area contributed by atoms with Crippen molar-refractivity contribution in [3.05, 3.63) is 41.5 Å². The van der Waals surface area contributed by atoms with E-state index in [0.29, 0.717) is 13.1 Å². The average molecular weight is 314 g/mol. The van der Waals surface area contributed by atoms with Gasteiger partial charge in [0.2, 0.25) is 0 Å². The van der Waals surface area contributed by atoms with Crippen molar-refractivity contribution in [3.63, 3.8) is 0 Å². The molecule has 122 valence electrons. The van der Waals surface area contributed by atoms with Crippen molar-refractivity contribution < 1.29 is 4.74 Å². The molecule has 23 heavy (non-hydrogen) atoms. The van der Waals surface area contributed by atoms with Gasteiger partial charge >= 0.3 is 0 Å². The summed E-state index contributed by atoms with van der Waals surface area (Å²) in [5, 5.41) is 14.7. The van der Waals surface area contributed by atoms with Crippen molar-refractivity contribution in [1.29, 1.82) is 0 Å². The highest BCUT2D eigenvalue weighted by atomic mass is 16.5. The lowest BCUT2D eigenvalue weighted by atomic mass is 10.1. The summed E-state index contributed by atoms with van der Waals surface area (Å²) in [5.41, 5.74) is 1.26. The molecule has 0 amide bonds. The molecule has 7 heteroatoms. The maximum atomic E-state index is 5.92. The zero-order valence-corrected chi connectivity index (χ0v) is 13.7. The highest BCUT2D eigenvalue weighted by Gasteiger charge is 2.22. The van der Waals surface area contributed by atoms with Crippen molar-refractivity contribution in [2.45, 2.75) is 26.0 Å². The molecule has 0 aliphatic carbocycles. The van der Waals surface area contributed by atoms with Crippen molar-refractivity contribution in [2.24, 2.45) is 12.0 Å². The molecule has 2 heterocycles. The first-order chi connectivity index (χ1) is 11.2. The van der Waals surface area contributed by atoms with Crippen LogP contribution >= 0.6 is 0 Å². The Morgan fingerprint density at radius 2 is 2.17 bits per heavy atom. The van der Waals surface area contributed by atoms with Crippen molar-refractivity contribution in [3.8, 4) is 5.75 Å². The topological polar surface area (TPSA) is 76.4 Å². The zero-order chi connectivity index (χ0) is 16.2. The highest BCUT2D eigenvalue weighted by Crippen LogP contribution is 2.27. The number of fused-ring (bicyclic) bond motifs is 1. The van der Waals surface area contributed by atoms with Crippen LogP contribution in [0.5, 0.6) is 5.75 Å². The number of hydrogen-bond donors (Lipinski definition) is 2. The molecule has 2 N–H and O–H groups in total. The standard InChI is InChI=1S/C16H22N6O/c1-11-20-21-15(22(11)3)10-19-16(17-2)18-9-13-8-12-6-4-5-7-14(12)23-13/h4-7,13H,8-10H2,1-3H3,(H2,17,18,19). The second-order valence-corrected chi connectivity index (χ2v) is 5.58. The SMILES string of the molecule is CN=C(NCc1nnc(C)n1C)NCC1Cc2ccccc2O1. The van der Waals surface area contributed by atoms with E-state index in [4.69, 9.17) is 4.74 Å². The maximum absolute atomic E-state index is 5.92. The lowest BCUT2D eigenvalue weighted by molar-refractivity contribution is 0.235. The Hall–Kier alpha value is -2.57. The van der Waals surface area contributed by atoms with Gasteiger partial charge in [0.15, 0.2) is 11.8 Å². The van der Waals surface area contributed by atoms with Gasteiger partial charge in [0, 0.05) is 20.5 Å². The summed E-state index contributed by atoms with van der Waals surface area (Å²) in [5.74, 6) is 3.47. The number of para-hydroxylation sites is 1. The van der Waals surface area contributed by atoms with Gasteiger partial charge in [0.1, 0.15) is 17.7 Å². The molecular weight excluding hydrogens is 292 g/mol. The number of hydrogen-bond acceptors (Lipinski definition) is 4. The van der Waals surface area contributed by atoms with E-state index in [9.17, 15) is 0 Å². The first kappa shape index (κ1) is 15.3. The van der Waals surface area contributed by atoms with Gasteiger partial charge in [-0.3, -0.25) is 4.99 Å². The fourth-order valence-electron chi connectivity index (χ4n) is 2.57. The van der Waals surface area contributed by atoms with Crippen LogP contribution in [0.2, 0.25) is 0 Å². The van der Waals surface area contributed by atoms with E-state index in [1.54, 1.807) is 7.05 Å². The Bertz CT molecular complexity index is 683. The number of aryl methyl sites for hydroxylation is 1. The molecule has 2 aromatic rings. The van der Waals surface area contributed by atoms with Crippen LogP contribution in [0.15, 0.2) is 29.3 Å². The van der Waals surface area contributed by atoms with Crippen molar-refractivity contribution in [1.82, 2.24) is 25.4 Å². The molecule has 0 fully saturated rings. The molecule has 1 atom stereocenters. The predicted octanol–water partition coefficient (Wildman–Crippen LogP) is 0.792. The molecule has 0 spiro atoms. The van der Waals surface area contributed by atoms with E-state index < -0.39 is 0 Å². The minimum Gasteiger partial charge on any atom is -0.488 e. The summed E-state index contributed by atoms with van der Waals surface area (Å²) in [7, 11) is 3.70. The second kappa shape index (κ2) is 6.68. The molecule has 1 aromatic carbocycles. The summed E-state index contributed by atoms with van der Waals surface area (Å²) in [6, 6.07) is 8.16. The average Bonchev–Trinajstić information content (AvgIpc) is 3.12. The van der Waals surface area contributed by atoms with Gasteiger partial charge in [-0.05, 0) is 18.6 Å². The number of benzene rings is 1. The summed E-state index contributed by atoms with van der Waals surface area (Å²) in [4.78, 5) is 4.23. The van der Waals surface area contributed by atoms with Gasteiger partial charge in [0.25, 0.3) is 0 Å². The molecule has 7 nitrogen and oxygen atoms in total. The van der Waals surface area contributed by atoms with Crippen LogP contribution in [0.1, 0.15) is 17.2 Å². The number of aliphatic imine (C=N–C) groups is 1. The third-order valence-corrected chi connectivity index (χ3v) is 4.03. The highest BCUT2D eigenvalue weighted by molar-refractivity contribution is 5.79. The quantitative estimate of drug-likeness (QED) is 0.645. The molecule has 0 saturated carbocycles. The molecule has 0 saturated heterocycles. The molecule has 3 rings (SSSR count). The molecule has 1 aromatic heterocycles. The van der Waals surface area contributed by atoms with Crippen LogP contribution in [-0.4, -0.2) is 40.4 Å². The predicted molar refractivity (Wildman–Crippen MR) is 88.5 cm³/mol. The van der Waals surface area contributed by atoms with Crippen LogP contribution < -0.4 is 15.4 Å². The van der Waals surface area contributed by atoms with Crippen LogP contribution in [0.25, 0.3) is 0 Å². The third kappa shape index (κ3) is 3.44. The molecule has 1 aliphatic heterocycles. The lowest BCUT2D eigenvalue weighted by Crippen LogP contribution is -2.42. The molecule has 0 radical (unpaired) electrons. The smallest absolute Gasteiger partial charge is 0.191 e. The van der Waals surface area contributed by atoms with Crippen LogP contribution in [0.4, 0.5) is 0 Å². The fourth-order valence-corrected chi connectivity index (χ4v) is 2.57. The third-order valence-electron chi connectivity index (χ3n) is 4.03. The largest absolute Gasteiger partial charge is 0.488 e. The fraction of sp³-hybridized carbons (Fsp3) is 0.438. The number of ether oxygens (including phenoxy) is 1. The van der Waals surface area contributed by atoms with Crippen LogP contribution in [0.3, 0.4) is 0 Å². The van der Waals surface area contributed by atoms with E-state index in [-0.39, 0.29) is 6.10 Å². The molecule has 1 aliphatic rings. The normalized spacial score (nSPS) is 16.8. The zero-order valence-electron chi connectivity index (χ0n) is 13.7. The molecule has 0 bridgehead atoms. The summed E-state index contributed by atoms with van der Waals surface area (Å²) in [6.07, 6.45) is 1.05. The number of rotatable bonds is 4. The monoisotopic (exact) mass is 314 g/mol. The van der Waals surface area contributed by atoms with Crippen LogP contribution in [-0.2, 0) is 20.0 Å². The minimum atomic E-state index is 0.128. The van der Waals surface area contributed by atoms with Gasteiger partial charge in [0.05, 0.1) is 13.1 Å². The van der Waals surface area contributed by atoms with Gasteiger partial charge < -0.3 is 19.9 Å². The minimum absolute atomic E-state index is 0.128. The van der Waals surface area contributed by atoms with Crippen molar-refractivity contribution in [2.75, 3.05) is 13.6 Å². The van der Waals surface area contributed by atoms with Gasteiger partial charge in [-0.15, -0.1) is 10.2 Å². The van der Waals surface area contributed by atoms with E-state index in [1.165, 1.54) is 5.56 Å². The van der Waals surface area contributed by atoms with Gasteiger partial charge in [-0.2, -0.15) is 0 Å². The van der Waals surface area contributed by atoms with Gasteiger partial charge in [-0.1, -0.05) is 18.2 Å².